The van der Waals surface area contributed by atoms with E-state index >= 15 is 0 Å². The van der Waals surface area contributed by atoms with Crippen molar-refractivity contribution in [3.8, 4) is 0 Å². The fourth-order valence-electron chi connectivity index (χ4n) is 1.18. The van der Waals surface area contributed by atoms with Gasteiger partial charge in [0.05, 0.1) is 31.9 Å². The molecule has 4 N–H and O–H groups in total. The van der Waals surface area contributed by atoms with Crippen molar-refractivity contribution >= 4 is 17.3 Å². The number of ether oxygens (including phenoxy) is 1. The molecule has 0 aromatic heterocycles. The minimum atomic E-state index is -0.538. The van der Waals surface area contributed by atoms with Crippen LogP contribution in [0, 0.1) is 5.82 Å². The van der Waals surface area contributed by atoms with Gasteiger partial charge >= 0.3 is 0 Å². The Kier molecular flexibility index (Phi) is 5.38. The van der Waals surface area contributed by atoms with Gasteiger partial charge in [0.1, 0.15) is 5.82 Å². The second-order valence-electron chi connectivity index (χ2n) is 3.37. The van der Waals surface area contributed by atoms with Gasteiger partial charge in [-0.25, -0.2) is 4.39 Å². The van der Waals surface area contributed by atoms with Crippen molar-refractivity contribution < 1.29 is 19.0 Å². The van der Waals surface area contributed by atoms with Crippen molar-refractivity contribution in [1.82, 2.24) is 0 Å². The van der Waals surface area contributed by atoms with Crippen LogP contribution in [0.5, 0.6) is 0 Å². The van der Waals surface area contributed by atoms with Crippen LogP contribution in [0.25, 0.3) is 0 Å². The van der Waals surface area contributed by atoms with Crippen LogP contribution in [0.4, 0.5) is 15.8 Å². The lowest BCUT2D eigenvalue weighted by Gasteiger charge is -2.07. The van der Waals surface area contributed by atoms with Crippen LogP contribution in [-0.4, -0.2) is 30.8 Å². The number of aliphatic hydroxyl groups excluding tert-OH is 1. The smallest absolute Gasteiger partial charge is 0.226 e. The first-order chi connectivity index (χ1) is 8.13. The van der Waals surface area contributed by atoms with Gasteiger partial charge in [-0.05, 0) is 18.2 Å². The average molecular weight is 242 g/mol. The molecular formula is C11H15FN2O3. The molecule has 0 fully saturated rings. The van der Waals surface area contributed by atoms with Gasteiger partial charge in [-0.1, -0.05) is 0 Å². The SMILES string of the molecule is Nc1ccc(F)c(NC(=O)CCOCCO)c1. The fraction of sp³-hybridized carbons (Fsp3) is 0.364. The molecule has 94 valence electrons. The van der Waals surface area contributed by atoms with Crippen LogP contribution < -0.4 is 11.1 Å². The molecule has 1 aromatic carbocycles. The first kappa shape index (κ1) is 13.4. The van der Waals surface area contributed by atoms with Gasteiger partial charge in [0.25, 0.3) is 0 Å². The van der Waals surface area contributed by atoms with Crippen molar-refractivity contribution in [3.63, 3.8) is 0 Å². The highest BCUT2D eigenvalue weighted by atomic mass is 19.1. The molecule has 5 nitrogen and oxygen atoms in total. The summed E-state index contributed by atoms with van der Waals surface area (Å²) in [6, 6.07) is 3.95. The number of nitrogens with one attached hydrogen (secondary N) is 1. The molecule has 6 heteroatoms. The number of aliphatic hydroxyl groups is 1. The maximum absolute atomic E-state index is 13.2. The minimum Gasteiger partial charge on any atom is -0.399 e. The van der Waals surface area contributed by atoms with Crippen LogP contribution in [-0.2, 0) is 9.53 Å². The van der Waals surface area contributed by atoms with E-state index < -0.39 is 5.82 Å². The van der Waals surface area contributed by atoms with Crippen LogP contribution in [0.1, 0.15) is 6.42 Å². The number of rotatable bonds is 6. The lowest BCUT2D eigenvalue weighted by atomic mass is 10.2. The zero-order valence-electron chi connectivity index (χ0n) is 9.28. The third kappa shape index (κ3) is 4.80. The van der Waals surface area contributed by atoms with Crippen LogP contribution >= 0.6 is 0 Å². The highest BCUT2D eigenvalue weighted by molar-refractivity contribution is 5.91. The molecular weight excluding hydrogens is 227 g/mol. The maximum Gasteiger partial charge on any atom is 0.226 e. The van der Waals surface area contributed by atoms with E-state index in [0.717, 1.165) is 0 Å². The summed E-state index contributed by atoms with van der Waals surface area (Å²) >= 11 is 0. The number of nitrogens with two attached hydrogens (primary N) is 1. The molecule has 0 bridgehead atoms. The van der Waals surface area contributed by atoms with Gasteiger partial charge in [-0.2, -0.15) is 0 Å². The summed E-state index contributed by atoms with van der Waals surface area (Å²) in [6.07, 6.45) is 0.0915. The number of halogens is 1. The van der Waals surface area contributed by atoms with E-state index in [-0.39, 0.29) is 37.8 Å². The van der Waals surface area contributed by atoms with Gasteiger partial charge in [0.2, 0.25) is 5.91 Å². The molecule has 0 aliphatic heterocycles. The van der Waals surface area contributed by atoms with E-state index in [2.05, 4.69) is 5.32 Å². The van der Waals surface area contributed by atoms with Crippen LogP contribution in [0.15, 0.2) is 18.2 Å². The molecule has 0 aliphatic rings. The first-order valence-electron chi connectivity index (χ1n) is 5.17. The molecule has 0 aliphatic carbocycles. The largest absolute Gasteiger partial charge is 0.399 e. The van der Waals surface area contributed by atoms with Gasteiger partial charge in [0.15, 0.2) is 0 Å². The second kappa shape index (κ2) is 6.82. The molecule has 1 rings (SSSR count). The summed E-state index contributed by atoms with van der Waals surface area (Å²) in [4.78, 5) is 11.4. The number of carbonyl (C=O) groups excluding carboxylic acids is 1. The Bertz CT molecular complexity index is 385. The Labute approximate surface area is 98.4 Å². The molecule has 0 spiro atoms. The summed E-state index contributed by atoms with van der Waals surface area (Å²) < 4.78 is 18.2. The summed E-state index contributed by atoms with van der Waals surface area (Å²) in [7, 11) is 0. The molecule has 0 radical (unpaired) electrons. The number of hydrogen-bond acceptors (Lipinski definition) is 4. The molecule has 1 aromatic rings. The molecule has 1 amide bonds. The Morgan fingerprint density at radius 1 is 1.47 bits per heavy atom. The lowest BCUT2D eigenvalue weighted by Crippen LogP contribution is -2.15. The summed E-state index contributed by atoms with van der Waals surface area (Å²) in [5.74, 6) is -0.906. The predicted octanol–water partition coefficient (Wildman–Crippen LogP) is 0.745. The topological polar surface area (TPSA) is 84.6 Å². The van der Waals surface area contributed by atoms with Gasteiger partial charge in [-0.3, -0.25) is 4.79 Å². The molecule has 0 saturated heterocycles. The molecule has 0 atom stereocenters. The monoisotopic (exact) mass is 242 g/mol. The van der Waals surface area contributed by atoms with Crippen molar-refractivity contribution in [2.45, 2.75) is 6.42 Å². The molecule has 17 heavy (non-hydrogen) atoms. The van der Waals surface area contributed by atoms with E-state index in [9.17, 15) is 9.18 Å². The van der Waals surface area contributed by atoms with Gasteiger partial charge in [0, 0.05) is 5.69 Å². The predicted molar refractivity (Wildman–Crippen MR) is 62.0 cm³/mol. The number of anilines is 2. The van der Waals surface area contributed by atoms with Gasteiger partial charge in [-0.15, -0.1) is 0 Å². The standard InChI is InChI=1S/C11H15FN2O3/c12-9-2-1-8(13)7-10(9)14-11(16)3-5-17-6-4-15/h1-2,7,15H,3-6,13H2,(H,14,16). The minimum absolute atomic E-state index is 0.0529. The van der Waals surface area contributed by atoms with E-state index in [1.54, 1.807) is 0 Å². The zero-order valence-corrected chi connectivity index (χ0v) is 9.28. The summed E-state index contributed by atoms with van der Waals surface area (Å²) in [6.45, 7) is 0.266. The van der Waals surface area contributed by atoms with Gasteiger partial charge < -0.3 is 20.9 Å². The summed E-state index contributed by atoms with van der Waals surface area (Å²) in [5, 5.41) is 10.8. The highest BCUT2D eigenvalue weighted by Crippen LogP contribution is 2.17. The summed E-state index contributed by atoms with van der Waals surface area (Å²) in [5.41, 5.74) is 5.90. The second-order valence-corrected chi connectivity index (χ2v) is 3.37. The highest BCUT2D eigenvalue weighted by Gasteiger charge is 2.07. The number of hydrogen-bond donors (Lipinski definition) is 3. The lowest BCUT2D eigenvalue weighted by molar-refractivity contribution is -0.117. The van der Waals surface area contributed by atoms with E-state index in [1.807, 2.05) is 0 Å². The van der Waals surface area contributed by atoms with Crippen molar-refractivity contribution in [2.75, 3.05) is 30.9 Å². The van der Waals surface area contributed by atoms with Crippen LogP contribution in [0.2, 0.25) is 0 Å². The van der Waals surface area contributed by atoms with E-state index in [0.29, 0.717) is 5.69 Å². The third-order valence-electron chi connectivity index (χ3n) is 1.97. The number of amides is 1. The Hall–Kier alpha value is -1.66. The zero-order chi connectivity index (χ0) is 12.7. The Balaban J connectivity index is 2.42. The first-order valence-corrected chi connectivity index (χ1v) is 5.17. The third-order valence-corrected chi connectivity index (χ3v) is 1.97. The van der Waals surface area contributed by atoms with Crippen molar-refractivity contribution in [2.24, 2.45) is 0 Å². The maximum atomic E-state index is 13.2. The molecule has 0 unspecified atom stereocenters. The van der Waals surface area contributed by atoms with Crippen molar-refractivity contribution in [3.05, 3.63) is 24.0 Å². The number of carbonyl (C=O) groups is 1. The van der Waals surface area contributed by atoms with Crippen LogP contribution in [0.3, 0.4) is 0 Å². The average Bonchev–Trinajstić information content (AvgIpc) is 2.29. The molecule has 0 heterocycles. The number of nitrogen functional groups attached to an aromatic ring is 1. The van der Waals surface area contributed by atoms with E-state index in [1.165, 1.54) is 18.2 Å². The van der Waals surface area contributed by atoms with Crippen molar-refractivity contribution in [1.29, 1.82) is 0 Å². The number of benzene rings is 1. The molecule has 0 saturated carbocycles. The normalized spacial score (nSPS) is 10.2. The Morgan fingerprint density at radius 2 is 2.24 bits per heavy atom. The fourth-order valence-corrected chi connectivity index (χ4v) is 1.18. The Morgan fingerprint density at radius 3 is 2.94 bits per heavy atom. The quantitative estimate of drug-likeness (QED) is 0.507. The van der Waals surface area contributed by atoms with E-state index in [4.69, 9.17) is 15.6 Å².